The minimum atomic E-state index is 1.02. The van der Waals surface area contributed by atoms with Gasteiger partial charge in [-0.3, -0.25) is 4.99 Å². The van der Waals surface area contributed by atoms with E-state index in [9.17, 15) is 0 Å². The lowest BCUT2D eigenvalue weighted by molar-refractivity contribution is 1.20. The molecule has 0 aliphatic carbocycles. The van der Waals surface area contributed by atoms with Crippen LogP contribution in [0.3, 0.4) is 0 Å². The van der Waals surface area contributed by atoms with Crippen LogP contribution in [-0.2, 0) is 0 Å². The van der Waals surface area contributed by atoms with Gasteiger partial charge in [-0.05, 0) is 26.3 Å². The Bertz CT molecular complexity index is 164. The molecule has 0 heterocycles. The van der Waals surface area contributed by atoms with Crippen molar-refractivity contribution in [3.63, 3.8) is 0 Å². The van der Waals surface area contributed by atoms with E-state index in [2.05, 4.69) is 18.5 Å². The quantitative estimate of drug-likeness (QED) is 0.419. The highest BCUT2D eigenvalue weighted by Crippen LogP contribution is 1.97. The van der Waals surface area contributed by atoms with Gasteiger partial charge in [0.15, 0.2) is 0 Å². The number of allylic oxidation sites excluding steroid dienone is 3. The summed E-state index contributed by atoms with van der Waals surface area (Å²) in [5, 5.41) is 0. The molecule has 0 saturated carbocycles. The topological polar surface area (TPSA) is 12.4 Å². The van der Waals surface area contributed by atoms with E-state index in [0.717, 1.165) is 17.8 Å². The fourth-order valence-electron chi connectivity index (χ4n) is 0.588. The van der Waals surface area contributed by atoms with Gasteiger partial charge in [0, 0.05) is 11.4 Å². The Morgan fingerprint density at radius 3 is 2.50 bits per heavy atom. The van der Waals surface area contributed by atoms with Gasteiger partial charge in [-0.25, -0.2) is 0 Å². The van der Waals surface area contributed by atoms with Crippen molar-refractivity contribution in [1.29, 1.82) is 0 Å². The van der Waals surface area contributed by atoms with Crippen LogP contribution in [0.15, 0.2) is 29.4 Å². The molecule has 0 aromatic rings. The van der Waals surface area contributed by atoms with Gasteiger partial charge in [0.2, 0.25) is 0 Å². The van der Waals surface area contributed by atoms with Crippen LogP contribution in [0.4, 0.5) is 0 Å². The Balaban J connectivity index is 4.11. The van der Waals surface area contributed by atoms with Crippen molar-refractivity contribution < 1.29 is 0 Å². The molecule has 0 aliphatic heterocycles. The summed E-state index contributed by atoms with van der Waals surface area (Å²) in [7, 11) is 0. The predicted octanol–water partition coefficient (Wildman–Crippen LogP) is 2.95. The van der Waals surface area contributed by atoms with Crippen molar-refractivity contribution in [2.75, 3.05) is 0 Å². The van der Waals surface area contributed by atoms with Crippen LogP contribution < -0.4 is 0 Å². The standard InChI is InChI=1S/C9H15N/c1-5-7-9(4)10-8(3)6-2/h5,7H,1,6H2,2-4H3/b9-7-,10-8+. The summed E-state index contributed by atoms with van der Waals surface area (Å²) >= 11 is 0. The second-order valence-electron chi connectivity index (χ2n) is 2.24. The van der Waals surface area contributed by atoms with E-state index in [1.54, 1.807) is 6.08 Å². The molecule has 0 fully saturated rings. The molecule has 0 rings (SSSR count). The zero-order valence-electron chi connectivity index (χ0n) is 7.02. The highest BCUT2D eigenvalue weighted by atomic mass is 14.7. The van der Waals surface area contributed by atoms with Gasteiger partial charge >= 0.3 is 0 Å². The lowest BCUT2D eigenvalue weighted by atomic mass is 10.3. The van der Waals surface area contributed by atoms with E-state index in [-0.39, 0.29) is 0 Å². The Kier molecular flexibility index (Phi) is 4.55. The maximum Gasteiger partial charge on any atom is 0.0371 e. The van der Waals surface area contributed by atoms with E-state index in [0.29, 0.717) is 0 Å². The van der Waals surface area contributed by atoms with Gasteiger partial charge in [0.25, 0.3) is 0 Å². The maximum atomic E-state index is 4.29. The second-order valence-corrected chi connectivity index (χ2v) is 2.24. The van der Waals surface area contributed by atoms with Crippen molar-refractivity contribution in [3.05, 3.63) is 24.4 Å². The molecule has 0 amide bonds. The monoisotopic (exact) mass is 137 g/mol. The summed E-state index contributed by atoms with van der Waals surface area (Å²) in [4.78, 5) is 4.29. The van der Waals surface area contributed by atoms with E-state index in [4.69, 9.17) is 0 Å². The van der Waals surface area contributed by atoms with Crippen molar-refractivity contribution in [3.8, 4) is 0 Å². The summed E-state index contributed by atoms with van der Waals surface area (Å²) in [6, 6.07) is 0. The fourth-order valence-corrected chi connectivity index (χ4v) is 0.588. The molecule has 0 aliphatic rings. The molecule has 0 bridgehead atoms. The van der Waals surface area contributed by atoms with Crippen LogP contribution >= 0.6 is 0 Å². The zero-order valence-corrected chi connectivity index (χ0v) is 7.02. The third-order valence-corrected chi connectivity index (χ3v) is 1.24. The molecule has 0 atom stereocenters. The first-order valence-electron chi connectivity index (χ1n) is 3.54. The normalized spacial score (nSPS) is 13.5. The van der Waals surface area contributed by atoms with E-state index in [1.165, 1.54) is 0 Å². The molecule has 0 unspecified atom stereocenters. The van der Waals surface area contributed by atoms with Gasteiger partial charge in [-0.15, -0.1) is 0 Å². The Morgan fingerprint density at radius 1 is 1.50 bits per heavy atom. The molecule has 1 nitrogen and oxygen atoms in total. The number of aliphatic imine (C=N–C) groups is 1. The predicted molar refractivity (Wildman–Crippen MR) is 47.4 cm³/mol. The second kappa shape index (κ2) is 4.98. The van der Waals surface area contributed by atoms with Crippen molar-refractivity contribution in [2.45, 2.75) is 27.2 Å². The van der Waals surface area contributed by atoms with Crippen molar-refractivity contribution in [1.82, 2.24) is 0 Å². The van der Waals surface area contributed by atoms with Gasteiger partial charge in [-0.1, -0.05) is 19.6 Å². The molecule has 10 heavy (non-hydrogen) atoms. The number of nitrogens with zero attached hydrogens (tertiary/aromatic N) is 1. The summed E-state index contributed by atoms with van der Waals surface area (Å²) in [5.41, 5.74) is 2.19. The molecule has 0 saturated heterocycles. The van der Waals surface area contributed by atoms with Crippen LogP contribution in [0.5, 0.6) is 0 Å². The molecule has 0 N–H and O–H groups in total. The lowest BCUT2D eigenvalue weighted by Crippen LogP contribution is -1.86. The smallest absolute Gasteiger partial charge is 0.0371 e. The summed E-state index contributed by atoms with van der Waals surface area (Å²) in [6.45, 7) is 9.69. The van der Waals surface area contributed by atoms with Crippen LogP contribution in [0.1, 0.15) is 27.2 Å². The lowest BCUT2D eigenvalue weighted by Gasteiger charge is -1.93. The molecule has 1 heteroatoms. The molecule has 0 aromatic carbocycles. The first kappa shape index (κ1) is 9.15. The van der Waals surface area contributed by atoms with Gasteiger partial charge < -0.3 is 0 Å². The average Bonchev–Trinajstić information content (AvgIpc) is 1.88. The summed E-state index contributed by atoms with van der Waals surface area (Å²) < 4.78 is 0. The van der Waals surface area contributed by atoms with Crippen LogP contribution in [0, 0.1) is 0 Å². The molecular weight excluding hydrogens is 122 g/mol. The first-order valence-corrected chi connectivity index (χ1v) is 3.54. The van der Waals surface area contributed by atoms with Crippen LogP contribution in [-0.4, -0.2) is 5.71 Å². The molecule has 0 spiro atoms. The Labute approximate surface area is 63.2 Å². The SMILES string of the molecule is C=C/C=C(C)\N=C(/C)CC. The minimum Gasteiger partial charge on any atom is -0.263 e. The zero-order chi connectivity index (χ0) is 7.98. The molecule has 0 aromatic heterocycles. The summed E-state index contributed by atoms with van der Waals surface area (Å²) in [6.07, 6.45) is 4.67. The highest BCUT2D eigenvalue weighted by Gasteiger charge is 1.84. The summed E-state index contributed by atoms with van der Waals surface area (Å²) in [5.74, 6) is 0. The largest absolute Gasteiger partial charge is 0.263 e. The maximum absolute atomic E-state index is 4.29. The molecule has 0 radical (unpaired) electrons. The fraction of sp³-hybridized carbons (Fsp3) is 0.444. The number of hydrogen-bond acceptors (Lipinski definition) is 1. The van der Waals surface area contributed by atoms with Crippen LogP contribution in [0.2, 0.25) is 0 Å². The Hall–Kier alpha value is -0.850. The van der Waals surface area contributed by atoms with E-state index in [1.807, 2.05) is 19.9 Å². The highest BCUT2D eigenvalue weighted by molar-refractivity contribution is 5.82. The molecule has 56 valence electrons. The van der Waals surface area contributed by atoms with Gasteiger partial charge in [0.05, 0.1) is 0 Å². The third kappa shape index (κ3) is 4.07. The number of rotatable bonds is 3. The first-order chi connectivity index (χ1) is 4.70. The van der Waals surface area contributed by atoms with Crippen molar-refractivity contribution >= 4 is 5.71 Å². The molecular formula is C9H15N. The van der Waals surface area contributed by atoms with E-state index >= 15 is 0 Å². The average molecular weight is 137 g/mol. The number of hydrogen-bond donors (Lipinski definition) is 0. The van der Waals surface area contributed by atoms with Crippen LogP contribution in [0.25, 0.3) is 0 Å². The van der Waals surface area contributed by atoms with Crippen molar-refractivity contribution in [2.24, 2.45) is 4.99 Å². The van der Waals surface area contributed by atoms with Gasteiger partial charge in [-0.2, -0.15) is 0 Å². The third-order valence-electron chi connectivity index (χ3n) is 1.24. The van der Waals surface area contributed by atoms with Gasteiger partial charge in [0.1, 0.15) is 0 Å². The van der Waals surface area contributed by atoms with E-state index < -0.39 is 0 Å². The Morgan fingerprint density at radius 2 is 2.10 bits per heavy atom. The minimum absolute atomic E-state index is 1.02.